The number of ether oxygens (including phenoxy) is 1. The van der Waals surface area contributed by atoms with E-state index in [9.17, 15) is 4.79 Å². The average Bonchev–Trinajstić information content (AvgIpc) is 2.53. The van der Waals surface area contributed by atoms with Gasteiger partial charge in [0.25, 0.3) is 0 Å². The largest absolute Gasteiger partial charge is 0.434 e. The molecule has 0 saturated carbocycles. The lowest BCUT2D eigenvalue weighted by Crippen LogP contribution is -2.32. The third kappa shape index (κ3) is 1.78. The normalized spacial score (nSPS) is 29.0. The van der Waals surface area contributed by atoms with Crippen LogP contribution in [0.3, 0.4) is 0 Å². The van der Waals surface area contributed by atoms with Gasteiger partial charge in [0.2, 0.25) is 5.89 Å². The molecule has 2 rings (SSSR count). The SMILES string of the molecule is N[C@@H]1CC[C@@H](c2n[nH]c(=O)o2)OC1. The van der Waals surface area contributed by atoms with E-state index in [4.69, 9.17) is 14.9 Å². The minimum Gasteiger partial charge on any atom is -0.390 e. The van der Waals surface area contributed by atoms with Gasteiger partial charge in [-0.05, 0) is 12.8 Å². The Morgan fingerprint density at radius 2 is 2.38 bits per heavy atom. The van der Waals surface area contributed by atoms with E-state index in [0.29, 0.717) is 12.5 Å². The summed E-state index contributed by atoms with van der Waals surface area (Å²) in [7, 11) is 0. The molecule has 6 heteroatoms. The van der Waals surface area contributed by atoms with Gasteiger partial charge in [0.15, 0.2) is 0 Å². The molecule has 2 heterocycles. The molecule has 0 aromatic carbocycles. The first-order chi connectivity index (χ1) is 6.25. The molecule has 3 N–H and O–H groups in total. The van der Waals surface area contributed by atoms with E-state index >= 15 is 0 Å². The number of aromatic nitrogens is 2. The molecular formula is C7H11N3O3. The molecule has 1 aliphatic rings. The number of hydrogen-bond acceptors (Lipinski definition) is 5. The van der Waals surface area contributed by atoms with E-state index < -0.39 is 5.76 Å². The van der Waals surface area contributed by atoms with Crippen LogP contribution in [-0.2, 0) is 4.74 Å². The number of aromatic amines is 1. The number of nitrogens with zero attached hydrogens (tertiary/aromatic N) is 1. The topological polar surface area (TPSA) is 94.1 Å². The van der Waals surface area contributed by atoms with Crippen molar-refractivity contribution in [3.8, 4) is 0 Å². The van der Waals surface area contributed by atoms with Crippen molar-refractivity contribution in [3.05, 3.63) is 16.4 Å². The summed E-state index contributed by atoms with van der Waals surface area (Å²) in [5.74, 6) is -0.231. The maximum atomic E-state index is 10.6. The van der Waals surface area contributed by atoms with Gasteiger partial charge in [-0.1, -0.05) is 0 Å². The van der Waals surface area contributed by atoms with Crippen molar-refractivity contribution >= 4 is 0 Å². The summed E-state index contributed by atoms with van der Waals surface area (Å²) < 4.78 is 10.1. The van der Waals surface area contributed by atoms with Crippen molar-refractivity contribution < 1.29 is 9.15 Å². The van der Waals surface area contributed by atoms with Gasteiger partial charge in [-0.25, -0.2) is 9.89 Å². The van der Waals surface area contributed by atoms with Crippen molar-refractivity contribution in [2.75, 3.05) is 6.61 Å². The monoisotopic (exact) mass is 185 g/mol. The molecule has 72 valence electrons. The average molecular weight is 185 g/mol. The van der Waals surface area contributed by atoms with Crippen LogP contribution < -0.4 is 11.5 Å². The van der Waals surface area contributed by atoms with Gasteiger partial charge in [-0.2, -0.15) is 0 Å². The summed E-state index contributed by atoms with van der Waals surface area (Å²) in [6.45, 7) is 0.487. The summed E-state index contributed by atoms with van der Waals surface area (Å²) in [6, 6.07) is 0.0851. The zero-order chi connectivity index (χ0) is 9.26. The highest BCUT2D eigenvalue weighted by Crippen LogP contribution is 2.24. The molecule has 0 unspecified atom stereocenters. The van der Waals surface area contributed by atoms with E-state index in [2.05, 4.69) is 10.2 Å². The molecule has 0 spiro atoms. The molecule has 1 aromatic heterocycles. The Balaban J connectivity index is 2.06. The van der Waals surface area contributed by atoms with E-state index in [1.807, 2.05) is 0 Å². The van der Waals surface area contributed by atoms with Crippen molar-refractivity contribution in [1.29, 1.82) is 0 Å². The summed E-state index contributed by atoms with van der Waals surface area (Å²) in [5, 5.41) is 5.89. The second kappa shape index (κ2) is 3.31. The first-order valence-electron chi connectivity index (χ1n) is 4.18. The molecule has 1 fully saturated rings. The van der Waals surface area contributed by atoms with Crippen molar-refractivity contribution in [3.63, 3.8) is 0 Å². The van der Waals surface area contributed by atoms with Crippen LogP contribution in [-0.4, -0.2) is 22.8 Å². The van der Waals surface area contributed by atoms with Crippen LogP contribution in [0.15, 0.2) is 9.21 Å². The van der Waals surface area contributed by atoms with Crippen LogP contribution in [0.2, 0.25) is 0 Å². The number of nitrogens with two attached hydrogens (primary N) is 1. The van der Waals surface area contributed by atoms with Crippen molar-refractivity contribution in [1.82, 2.24) is 10.2 Å². The minimum absolute atomic E-state index is 0.0851. The Bertz CT molecular complexity index is 324. The zero-order valence-electron chi connectivity index (χ0n) is 7.03. The minimum atomic E-state index is -0.548. The maximum absolute atomic E-state index is 10.6. The Morgan fingerprint density at radius 3 is 2.92 bits per heavy atom. The van der Waals surface area contributed by atoms with Crippen LogP contribution in [0.4, 0.5) is 0 Å². The van der Waals surface area contributed by atoms with E-state index in [0.717, 1.165) is 12.8 Å². The molecule has 0 aliphatic carbocycles. The van der Waals surface area contributed by atoms with Crippen LogP contribution in [0.25, 0.3) is 0 Å². The Hall–Kier alpha value is -1.14. The van der Waals surface area contributed by atoms with Crippen LogP contribution in [0.1, 0.15) is 24.8 Å². The fourth-order valence-electron chi connectivity index (χ4n) is 1.35. The summed E-state index contributed by atoms with van der Waals surface area (Å²) >= 11 is 0. The van der Waals surface area contributed by atoms with E-state index in [-0.39, 0.29) is 12.1 Å². The number of nitrogens with one attached hydrogen (secondary N) is 1. The van der Waals surface area contributed by atoms with Gasteiger partial charge >= 0.3 is 5.76 Å². The number of hydrogen-bond donors (Lipinski definition) is 2. The molecule has 6 nitrogen and oxygen atoms in total. The van der Waals surface area contributed by atoms with Gasteiger partial charge in [-0.3, -0.25) is 0 Å². The number of rotatable bonds is 1. The van der Waals surface area contributed by atoms with Crippen LogP contribution in [0, 0.1) is 0 Å². The second-order valence-corrected chi connectivity index (χ2v) is 3.11. The summed E-state index contributed by atoms with van der Waals surface area (Å²) in [4.78, 5) is 10.6. The lowest BCUT2D eigenvalue weighted by molar-refractivity contribution is -0.0119. The fraction of sp³-hybridized carbons (Fsp3) is 0.714. The lowest BCUT2D eigenvalue weighted by atomic mass is 10.1. The molecular weight excluding hydrogens is 174 g/mol. The summed E-state index contributed by atoms with van der Waals surface area (Å²) in [5.41, 5.74) is 5.63. The Kier molecular flexibility index (Phi) is 2.15. The predicted molar refractivity (Wildman–Crippen MR) is 43.0 cm³/mol. The van der Waals surface area contributed by atoms with Crippen molar-refractivity contribution in [2.24, 2.45) is 5.73 Å². The quantitative estimate of drug-likeness (QED) is 0.617. The molecule has 13 heavy (non-hydrogen) atoms. The van der Waals surface area contributed by atoms with Crippen LogP contribution in [0.5, 0.6) is 0 Å². The standard InChI is InChI=1S/C7H11N3O3/c8-4-1-2-5(12-3-4)6-9-10-7(11)13-6/h4-5H,1-3,8H2,(H,10,11)/t4-,5+/m1/s1. The zero-order valence-corrected chi connectivity index (χ0v) is 7.03. The fourth-order valence-corrected chi connectivity index (χ4v) is 1.35. The highest BCUT2D eigenvalue weighted by atomic mass is 16.5. The molecule has 1 aromatic rings. The second-order valence-electron chi connectivity index (χ2n) is 3.11. The smallest absolute Gasteiger partial charge is 0.390 e. The first kappa shape index (κ1) is 8.46. The van der Waals surface area contributed by atoms with Gasteiger partial charge in [0, 0.05) is 6.04 Å². The van der Waals surface area contributed by atoms with Gasteiger partial charge in [0.05, 0.1) is 6.61 Å². The third-order valence-corrected chi connectivity index (χ3v) is 2.04. The van der Waals surface area contributed by atoms with E-state index in [1.54, 1.807) is 0 Å². The van der Waals surface area contributed by atoms with Gasteiger partial charge < -0.3 is 14.9 Å². The highest BCUT2D eigenvalue weighted by Gasteiger charge is 2.24. The van der Waals surface area contributed by atoms with Crippen molar-refractivity contribution in [2.45, 2.75) is 25.0 Å². The Morgan fingerprint density at radius 1 is 1.54 bits per heavy atom. The highest BCUT2D eigenvalue weighted by molar-refractivity contribution is 4.85. The third-order valence-electron chi connectivity index (χ3n) is 2.04. The summed E-state index contributed by atoms with van der Waals surface area (Å²) in [6.07, 6.45) is 1.38. The first-order valence-corrected chi connectivity index (χ1v) is 4.18. The number of H-pyrrole nitrogens is 1. The van der Waals surface area contributed by atoms with Gasteiger partial charge in [0.1, 0.15) is 6.10 Å². The van der Waals surface area contributed by atoms with E-state index in [1.165, 1.54) is 0 Å². The van der Waals surface area contributed by atoms with Crippen LogP contribution >= 0.6 is 0 Å². The lowest BCUT2D eigenvalue weighted by Gasteiger charge is -2.23. The molecule has 1 aliphatic heterocycles. The predicted octanol–water partition coefficient (Wildman–Crippen LogP) is -0.458. The maximum Gasteiger partial charge on any atom is 0.434 e. The Labute approximate surface area is 74.1 Å². The molecule has 1 saturated heterocycles. The molecule has 0 radical (unpaired) electrons. The molecule has 2 atom stereocenters. The molecule has 0 amide bonds. The van der Waals surface area contributed by atoms with Gasteiger partial charge in [-0.15, -0.1) is 5.10 Å². The molecule has 0 bridgehead atoms.